The van der Waals surface area contributed by atoms with Crippen LogP contribution in [0.3, 0.4) is 0 Å². The van der Waals surface area contributed by atoms with Gasteiger partial charge < -0.3 is 10.5 Å². The largest absolute Gasteiger partial charge is 0.374 e. The standard InChI is InChI=1S/C9H20N2O/c1-7(2)11-4-5-12-9(6-11)8(3)10/h7-9H,4-6,10H2,1-3H3. The van der Waals surface area contributed by atoms with Crippen molar-refractivity contribution in [1.82, 2.24) is 4.90 Å². The zero-order valence-electron chi connectivity index (χ0n) is 8.29. The van der Waals surface area contributed by atoms with Crippen LogP contribution in [0.25, 0.3) is 0 Å². The van der Waals surface area contributed by atoms with Crippen LogP contribution in [-0.4, -0.2) is 42.8 Å². The number of rotatable bonds is 2. The van der Waals surface area contributed by atoms with Gasteiger partial charge in [0.05, 0.1) is 12.7 Å². The van der Waals surface area contributed by atoms with Crippen LogP contribution in [0.2, 0.25) is 0 Å². The zero-order chi connectivity index (χ0) is 9.14. The van der Waals surface area contributed by atoms with Crippen molar-refractivity contribution in [3.8, 4) is 0 Å². The average Bonchev–Trinajstić information content (AvgIpc) is 2.04. The molecule has 2 unspecified atom stereocenters. The van der Waals surface area contributed by atoms with E-state index in [1.807, 2.05) is 6.92 Å². The van der Waals surface area contributed by atoms with Crippen LogP contribution in [0.4, 0.5) is 0 Å². The van der Waals surface area contributed by atoms with Crippen molar-refractivity contribution in [3.63, 3.8) is 0 Å². The van der Waals surface area contributed by atoms with E-state index in [1.54, 1.807) is 0 Å². The van der Waals surface area contributed by atoms with Crippen LogP contribution < -0.4 is 5.73 Å². The fraction of sp³-hybridized carbons (Fsp3) is 1.00. The first-order valence-electron chi connectivity index (χ1n) is 4.72. The van der Waals surface area contributed by atoms with Gasteiger partial charge in [-0.3, -0.25) is 4.90 Å². The van der Waals surface area contributed by atoms with Crippen LogP contribution in [0.15, 0.2) is 0 Å². The maximum absolute atomic E-state index is 5.78. The Balaban J connectivity index is 2.40. The van der Waals surface area contributed by atoms with Crippen LogP contribution in [0.1, 0.15) is 20.8 Å². The highest BCUT2D eigenvalue weighted by atomic mass is 16.5. The van der Waals surface area contributed by atoms with Gasteiger partial charge in [0.25, 0.3) is 0 Å². The van der Waals surface area contributed by atoms with Crippen molar-refractivity contribution in [3.05, 3.63) is 0 Å². The highest BCUT2D eigenvalue weighted by molar-refractivity contribution is 4.79. The Labute approximate surface area is 74.9 Å². The molecule has 72 valence electrons. The van der Waals surface area contributed by atoms with E-state index in [-0.39, 0.29) is 12.1 Å². The lowest BCUT2D eigenvalue weighted by Gasteiger charge is -2.36. The molecule has 0 amide bonds. The van der Waals surface area contributed by atoms with Crippen molar-refractivity contribution in [2.75, 3.05) is 19.7 Å². The summed E-state index contributed by atoms with van der Waals surface area (Å²) in [6, 6.07) is 0.752. The Kier molecular flexibility index (Phi) is 3.50. The third-order valence-electron chi connectivity index (χ3n) is 2.44. The Hall–Kier alpha value is -0.120. The highest BCUT2D eigenvalue weighted by Gasteiger charge is 2.24. The highest BCUT2D eigenvalue weighted by Crippen LogP contribution is 2.10. The van der Waals surface area contributed by atoms with E-state index in [1.165, 1.54) is 0 Å². The van der Waals surface area contributed by atoms with Gasteiger partial charge in [-0.15, -0.1) is 0 Å². The molecule has 2 atom stereocenters. The monoisotopic (exact) mass is 172 g/mol. The number of hydrogen-bond acceptors (Lipinski definition) is 3. The molecule has 1 rings (SSSR count). The molecule has 0 spiro atoms. The fourth-order valence-corrected chi connectivity index (χ4v) is 1.48. The Morgan fingerprint density at radius 1 is 1.42 bits per heavy atom. The zero-order valence-corrected chi connectivity index (χ0v) is 8.29. The fourth-order valence-electron chi connectivity index (χ4n) is 1.48. The van der Waals surface area contributed by atoms with E-state index in [2.05, 4.69) is 18.7 Å². The van der Waals surface area contributed by atoms with Gasteiger partial charge in [0.2, 0.25) is 0 Å². The maximum Gasteiger partial charge on any atom is 0.0850 e. The van der Waals surface area contributed by atoms with E-state index in [0.29, 0.717) is 6.04 Å². The second kappa shape index (κ2) is 4.21. The topological polar surface area (TPSA) is 38.5 Å². The summed E-state index contributed by atoms with van der Waals surface area (Å²) < 4.78 is 5.55. The SMILES string of the molecule is CC(N)C1CN(C(C)C)CCO1. The minimum atomic E-state index is 0.145. The first-order chi connectivity index (χ1) is 5.61. The summed E-state index contributed by atoms with van der Waals surface area (Å²) >= 11 is 0. The van der Waals surface area contributed by atoms with Crippen LogP contribution in [0.5, 0.6) is 0 Å². The number of hydrogen-bond donors (Lipinski definition) is 1. The van der Waals surface area contributed by atoms with Crippen LogP contribution in [-0.2, 0) is 4.74 Å². The smallest absolute Gasteiger partial charge is 0.0850 e. The molecule has 0 aromatic carbocycles. The van der Waals surface area contributed by atoms with Crippen molar-refractivity contribution in [2.45, 2.75) is 39.0 Å². The molecular weight excluding hydrogens is 152 g/mol. The summed E-state index contributed by atoms with van der Waals surface area (Å²) in [4.78, 5) is 2.41. The molecule has 2 N–H and O–H groups in total. The van der Waals surface area contributed by atoms with Gasteiger partial charge in [0.1, 0.15) is 0 Å². The average molecular weight is 172 g/mol. The Morgan fingerprint density at radius 2 is 2.08 bits per heavy atom. The summed E-state index contributed by atoms with van der Waals surface area (Å²) in [6.07, 6.45) is 0.223. The third kappa shape index (κ3) is 2.44. The molecule has 1 aliphatic heterocycles. The second-order valence-electron chi connectivity index (χ2n) is 3.86. The van der Waals surface area contributed by atoms with Crippen molar-refractivity contribution >= 4 is 0 Å². The van der Waals surface area contributed by atoms with Gasteiger partial charge in [-0.1, -0.05) is 0 Å². The molecule has 0 aromatic heterocycles. The first-order valence-corrected chi connectivity index (χ1v) is 4.72. The molecule has 0 radical (unpaired) electrons. The normalized spacial score (nSPS) is 29.2. The molecule has 0 bridgehead atoms. The second-order valence-corrected chi connectivity index (χ2v) is 3.86. The molecule has 12 heavy (non-hydrogen) atoms. The molecule has 0 saturated carbocycles. The van der Waals surface area contributed by atoms with Gasteiger partial charge in [-0.2, -0.15) is 0 Å². The molecule has 0 aliphatic carbocycles. The molecule has 3 nitrogen and oxygen atoms in total. The molecule has 1 fully saturated rings. The lowest BCUT2D eigenvalue weighted by atomic mass is 10.1. The van der Waals surface area contributed by atoms with Gasteiger partial charge in [0, 0.05) is 25.2 Å². The molecule has 3 heteroatoms. The Morgan fingerprint density at radius 3 is 2.58 bits per heavy atom. The van der Waals surface area contributed by atoms with Gasteiger partial charge in [0.15, 0.2) is 0 Å². The summed E-state index contributed by atoms with van der Waals surface area (Å²) in [5, 5.41) is 0. The number of nitrogens with zero attached hydrogens (tertiary/aromatic N) is 1. The van der Waals surface area contributed by atoms with E-state index >= 15 is 0 Å². The molecular formula is C9H20N2O. The summed E-state index contributed by atoms with van der Waals surface area (Å²) in [6.45, 7) is 9.28. The van der Waals surface area contributed by atoms with E-state index < -0.39 is 0 Å². The molecule has 0 aromatic rings. The minimum absolute atomic E-state index is 0.145. The Bertz CT molecular complexity index is 122. The predicted octanol–water partition coefficient (Wildman–Crippen LogP) is 0.443. The van der Waals surface area contributed by atoms with Crippen molar-refractivity contribution in [2.24, 2.45) is 5.73 Å². The van der Waals surface area contributed by atoms with Gasteiger partial charge in [-0.05, 0) is 20.8 Å². The molecule has 1 heterocycles. The van der Waals surface area contributed by atoms with E-state index in [9.17, 15) is 0 Å². The molecule has 1 saturated heterocycles. The van der Waals surface area contributed by atoms with E-state index in [0.717, 1.165) is 19.7 Å². The maximum atomic E-state index is 5.78. The first kappa shape index (κ1) is 9.96. The van der Waals surface area contributed by atoms with Crippen molar-refractivity contribution in [1.29, 1.82) is 0 Å². The molecule has 1 aliphatic rings. The number of nitrogens with two attached hydrogens (primary N) is 1. The quantitative estimate of drug-likeness (QED) is 0.657. The number of morpholine rings is 1. The summed E-state index contributed by atoms with van der Waals surface area (Å²) in [7, 11) is 0. The summed E-state index contributed by atoms with van der Waals surface area (Å²) in [5.74, 6) is 0. The predicted molar refractivity (Wildman–Crippen MR) is 50.1 cm³/mol. The lowest BCUT2D eigenvalue weighted by Crippen LogP contribution is -2.51. The summed E-state index contributed by atoms with van der Waals surface area (Å²) in [5.41, 5.74) is 5.78. The lowest BCUT2D eigenvalue weighted by molar-refractivity contribution is -0.0470. The minimum Gasteiger partial charge on any atom is -0.374 e. The van der Waals surface area contributed by atoms with Gasteiger partial charge in [-0.25, -0.2) is 0 Å². The van der Waals surface area contributed by atoms with Crippen molar-refractivity contribution < 1.29 is 4.74 Å². The van der Waals surface area contributed by atoms with Gasteiger partial charge >= 0.3 is 0 Å². The van der Waals surface area contributed by atoms with E-state index in [4.69, 9.17) is 10.5 Å². The van der Waals surface area contributed by atoms with Crippen LogP contribution >= 0.6 is 0 Å². The third-order valence-corrected chi connectivity index (χ3v) is 2.44. The van der Waals surface area contributed by atoms with Crippen LogP contribution in [0, 0.1) is 0 Å². The number of ether oxygens (including phenoxy) is 1.